The van der Waals surface area contributed by atoms with Gasteiger partial charge in [0, 0.05) is 4.90 Å². The fourth-order valence-electron chi connectivity index (χ4n) is 1.74. The molecule has 3 N–H and O–H groups in total. The molecule has 0 saturated heterocycles. The minimum Gasteiger partial charge on any atom is -0.483 e. The summed E-state index contributed by atoms with van der Waals surface area (Å²) >= 11 is 3.43. The van der Waals surface area contributed by atoms with Crippen molar-refractivity contribution in [1.82, 2.24) is 0 Å². The zero-order chi connectivity index (χ0) is 16.7. The maximum Gasteiger partial charge on any atom is 0.262 e. The van der Waals surface area contributed by atoms with Crippen molar-refractivity contribution in [2.45, 2.75) is 4.90 Å². The number of carbonyl (C=O) groups excluding carboxylic acids is 2. The molecule has 5 nitrogen and oxygen atoms in total. The Hall–Kier alpha value is -1.74. The lowest BCUT2D eigenvalue weighted by Gasteiger charge is -2.11. The van der Waals surface area contributed by atoms with Crippen LogP contribution >= 0.6 is 34.4 Å². The number of nitrogens with two attached hydrogens (primary N) is 1. The van der Waals surface area contributed by atoms with E-state index in [1.54, 1.807) is 6.07 Å². The van der Waals surface area contributed by atoms with Crippen LogP contribution in [0.2, 0.25) is 0 Å². The second-order valence-corrected chi connectivity index (χ2v) is 6.70. The number of hydrogen-bond acceptors (Lipinski definition) is 4. The molecule has 0 aromatic heterocycles. The molecule has 0 bridgehead atoms. The van der Waals surface area contributed by atoms with Crippen LogP contribution in [0.4, 0.5) is 5.69 Å². The van der Waals surface area contributed by atoms with Crippen LogP contribution in [0.1, 0.15) is 0 Å². The second kappa shape index (κ2) is 8.78. The molecule has 2 amide bonds. The minimum atomic E-state index is -0.405. The summed E-state index contributed by atoms with van der Waals surface area (Å²) in [4.78, 5) is 23.7. The van der Waals surface area contributed by atoms with E-state index in [4.69, 9.17) is 10.5 Å². The highest BCUT2D eigenvalue weighted by Gasteiger charge is 2.09. The lowest BCUT2D eigenvalue weighted by atomic mass is 10.3. The number of anilines is 1. The number of halogens is 1. The van der Waals surface area contributed by atoms with Crippen LogP contribution < -0.4 is 15.8 Å². The zero-order valence-electron chi connectivity index (χ0n) is 12.1. The molecule has 0 saturated carbocycles. The highest BCUT2D eigenvalue weighted by molar-refractivity contribution is 14.1. The molecule has 0 heterocycles. The summed E-state index contributed by atoms with van der Waals surface area (Å²) in [5, 5.41) is 2.78. The van der Waals surface area contributed by atoms with Gasteiger partial charge in [0.25, 0.3) is 5.91 Å². The first kappa shape index (κ1) is 17.6. The molecule has 2 aromatic carbocycles. The Kier molecular flexibility index (Phi) is 6.72. The van der Waals surface area contributed by atoms with Crippen molar-refractivity contribution >= 4 is 51.9 Å². The van der Waals surface area contributed by atoms with Crippen molar-refractivity contribution < 1.29 is 14.3 Å². The highest BCUT2D eigenvalue weighted by atomic mass is 127. The molecule has 0 aliphatic carbocycles. The van der Waals surface area contributed by atoms with Gasteiger partial charge in [0.15, 0.2) is 6.61 Å². The van der Waals surface area contributed by atoms with Crippen molar-refractivity contribution in [3.8, 4) is 5.75 Å². The van der Waals surface area contributed by atoms with Crippen LogP contribution in [0.15, 0.2) is 53.4 Å². The SMILES string of the molecule is NC(=O)CSc1ccccc1NC(=O)COc1ccccc1I. The lowest BCUT2D eigenvalue weighted by molar-refractivity contribution is -0.118. The molecule has 0 radical (unpaired) electrons. The van der Waals surface area contributed by atoms with E-state index in [9.17, 15) is 9.59 Å². The number of primary amides is 1. The molecule has 0 fully saturated rings. The summed E-state index contributed by atoms with van der Waals surface area (Å²) in [5.41, 5.74) is 5.78. The third kappa shape index (κ3) is 5.76. The molecule has 23 heavy (non-hydrogen) atoms. The number of thioether (sulfide) groups is 1. The Balaban J connectivity index is 1.95. The summed E-state index contributed by atoms with van der Waals surface area (Å²) in [6.07, 6.45) is 0. The smallest absolute Gasteiger partial charge is 0.262 e. The van der Waals surface area contributed by atoms with Gasteiger partial charge >= 0.3 is 0 Å². The van der Waals surface area contributed by atoms with Gasteiger partial charge in [0.2, 0.25) is 5.91 Å². The Labute approximate surface area is 152 Å². The van der Waals surface area contributed by atoms with Gasteiger partial charge in [-0.05, 0) is 46.9 Å². The summed E-state index contributed by atoms with van der Waals surface area (Å²) in [7, 11) is 0. The van der Waals surface area contributed by atoms with E-state index in [0.29, 0.717) is 11.4 Å². The average Bonchev–Trinajstić information content (AvgIpc) is 2.53. The summed E-state index contributed by atoms with van der Waals surface area (Å²) in [6.45, 7) is -0.0885. The number of para-hydroxylation sites is 2. The monoisotopic (exact) mass is 442 g/mol. The largest absolute Gasteiger partial charge is 0.483 e. The van der Waals surface area contributed by atoms with Crippen molar-refractivity contribution in [2.75, 3.05) is 17.7 Å². The fraction of sp³-hybridized carbons (Fsp3) is 0.125. The Morgan fingerprint density at radius 2 is 1.83 bits per heavy atom. The zero-order valence-corrected chi connectivity index (χ0v) is 15.1. The summed E-state index contributed by atoms with van der Waals surface area (Å²) in [5.74, 6) is 0.153. The van der Waals surface area contributed by atoms with Crippen molar-refractivity contribution in [3.63, 3.8) is 0 Å². The van der Waals surface area contributed by atoms with Crippen LogP contribution in [0.3, 0.4) is 0 Å². The van der Waals surface area contributed by atoms with Gasteiger partial charge < -0.3 is 15.8 Å². The van der Waals surface area contributed by atoms with Crippen LogP contribution in [-0.4, -0.2) is 24.2 Å². The van der Waals surface area contributed by atoms with Gasteiger partial charge in [-0.3, -0.25) is 9.59 Å². The van der Waals surface area contributed by atoms with Gasteiger partial charge in [0.05, 0.1) is 15.0 Å². The standard InChI is InChI=1S/C16H15IN2O3S/c17-11-5-1-3-7-13(11)22-9-16(21)19-12-6-2-4-8-14(12)23-10-15(18)20/h1-8H,9-10H2,(H2,18,20)(H,19,21). The number of hydrogen-bond donors (Lipinski definition) is 2. The number of ether oxygens (including phenoxy) is 1. The number of rotatable bonds is 7. The summed E-state index contributed by atoms with van der Waals surface area (Å²) in [6, 6.07) is 14.7. The number of carbonyl (C=O) groups is 2. The Bertz CT molecular complexity index is 709. The van der Waals surface area contributed by atoms with E-state index in [0.717, 1.165) is 8.47 Å². The van der Waals surface area contributed by atoms with E-state index in [2.05, 4.69) is 27.9 Å². The lowest BCUT2D eigenvalue weighted by Crippen LogP contribution is -2.21. The molecule has 120 valence electrons. The third-order valence-corrected chi connectivity index (χ3v) is 4.71. The first-order valence-corrected chi connectivity index (χ1v) is 8.80. The van der Waals surface area contributed by atoms with Crippen LogP contribution in [0.25, 0.3) is 0 Å². The fourth-order valence-corrected chi connectivity index (χ4v) is 3.03. The number of nitrogens with one attached hydrogen (secondary N) is 1. The minimum absolute atomic E-state index is 0.0885. The molecular formula is C16H15IN2O3S. The molecule has 0 unspecified atom stereocenters. The molecule has 0 aliphatic heterocycles. The van der Waals surface area contributed by atoms with E-state index in [-0.39, 0.29) is 18.3 Å². The van der Waals surface area contributed by atoms with Gasteiger partial charge in [-0.25, -0.2) is 0 Å². The maximum absolute atomic E-state index is 12.0. The molecule has 7 heteroatoms. The molecule has 0 atom stereocenters. The van der Waals surface area contributed by atoms with E-state index < -0.39 is 5.91 Å². The molecule has 2 aromatic rings. The van der Waals surface area contributed by atoms with Crippen molar-refractivity contribution in [3.05, 3.63) is 52.1 Å². The topological polar surface area (TPSA) is 81.4 Å². The predicted octanol–water partition coefficient (Wildman–Crippen LogP) is 2.89. The van der Waals surface area contributed by atoms with Gasteiger partial charge in [-0.1, -0.05) is 24.3 Å². The van der Waals surface area contributed by atoms with E-state index >= 15 is 0 Å². The van der Waals surface area contributed by atoms with Crippen molar-refractivity contribution in [1.29, 1.82) is 0 Å². The Morgan fingerprint density at radius 1 is 1.13 bits per heavy atom. The van der Waals surface area contributed by atoms with Crippen LogP contribution in [0.5, 0.6) is 5.75 Å². The summed E-state index contributed by atoms with van der Waals surface area (Å²) < 4.78 is 6.45. The van der Waals surface area contributed by atoms with E-state index in [1.165, 1.54) is 11.8 Å². The first-order chi connectivity index (χ1) is 11.1. The molecule has 2 rings (SSSR count). The molecule has 0 spiro atoms. The number of benzene rings is 2. The average molecular weight is 442 g/mol. The second-order valence-electron chi connectivity index (χ2n) is 4.52. The Morgan fingerprint density at radius 3 is 2.57 bits per heavy atom. The van der Waals surface area contributed by atoms with Crippen LogP contribution in [-0.2, 0) is 9.59 Å². The quantitative estimate of drug-likeness (QED) is 0.511. The highest BCUT2D eigenvalue weighted by Crippen LogP contribution is 2.26. The van der Waals surface area contributed by atoms with Gasteiger partial charge in [0.1, 0.15) is 5.75 Å². The van der Waals surface area contributed by atoms with E-state index in [1.807, 2.05) is 42.5 Å². The van der Waals surface area contributed by atoms with Gasteiger partial charge in [-0.15, -0.1) is 11.8 Å². The van der Waals surface area contributed by atoms with Crippen molar-refractivity contribution in [2.24, 2.45) is 5.73 Å². The third-order valence-electron chi connectivity index (χ3n) is 2.73. The molecular weight excluding hydrogens is 427 g/mol. The van der Waals surface area contributed by atoms with Gasteiger partial charge in [-0.2, -0.15) is 0 Å². The normalized spacial score (nSPS) is 10.1. The maximum atomic E-state index is 12.0. The predicted molar refractivity (Wildman–Crippen MR) is 99.6 cm³/mol. The van der Waals surface area contributed by atoms with Crippen LogP contribution in [0, 0.1) is 3.57 Å². The molecule has 0 aliphatic rings. The number of amides is 2. The first-order valence-electron chi connectivity index (χ1n) is 6.73.